The molecule has 0 saturated heterocycles. The van der Waals surface area contributed by atoms with Gasteiger partial charge in [-0.15, -0.1) is 0 Å². The summed E-state index contributed by atoms with van der Waals surface area (Å²) < 4.78 is 5.48. The number of hydrogen-bond donors (Lipinski definition) is 1. The van der Waals surface area contributed by atoms with Crippen molar-refractivity contribution in [3.05, 3.63) is 35.4 Å². The van der Waals surface area contributed by atoms with E-state index in [4.69, 9.17) is 4.74 Å². The second kappa shape index (κ2) is 6.06. The molecule has 0 aromatic heterocycles. The van der Waals surface area contributed by atoms with Gasteiger partial charge < -0.3 is 10.1 Å². The third kappa shape index (κ3) is 3.01. The van der Waals surface area contributed by atoms with E-state index in [-0.39, 0.29) is 0 Å². The molecular weight excluding hydrogens is 234 g/mol. The lowest BCUT2D eigenvalue weighted by molar-refractivity contribution is 0.106. The van der Waals surface area contributed by atoms with Gasteiger partial charge in [0.25, 0.3) is 0 Å². The molecule has 3 atom stereocenters. The van der Waals surface area contributed by atoms with Crippen molar-refractivity contribution < 1.29 is 4.74 Å². The summed E-state index contributed by atoms with van der Waals surface area (Å²) in [7, 11) is 1.84. The van der Waals surface area contributed by atoms with Crippen LogP contribution in [0, 0.1) is 0 Å². The lowest BCUT2D eigenvalue weighted by atomic mass is 9.98. The maximum Gasteiger partial charge on any atom is 0.0586 e. The van der Waals surface area contributed by atoms with Crippen LogP contribution in [0.4, 0.5) is 0 Å². The lowest BCUT2D eigenvalue weighted by Crippen LogP contribution is -2.31. The van der Waals surface area contributed by atoms with Gasteiger partial charge in [0.1, 0.15) is 0 Å². The number of methoxy groups -OCH3 is 1. The lowest BCUT2D eigenvalue weighted by Gasteiger charge is -2.23. The minimum absolute atomic E-state index is 0.471. The minimum atomic E-state index is 0.471. The Morgan fingerprint density at radius 3 is 2.84 bits per heavy atom. The molecule has 3 rings (SSSR count). The van der Waals surface area contributed by atoms with E-state index in [0.717, 1.165) is 0 Å². The van der Waals surface area contributed by atoms with Crippen LogP contribution in [0.1, 0.15) is 55.7 Å². The highest BCUT2D eigenvalue weighted by Gasteiger charge is 2.27. The van der Waals surface area contributed by atoms with Crippen LogP contribution in [0.5, 0.6) is 0 Å². The Balaban J connectivity index is 1.70. The number of ether oxygens (including phenoxy) is 1. The van der Waals surface area contributed by atoms with Crippen molar-refractivity contribution in [2.24, 2.45) is 0 Å². The molecule has 1 fully saturated rings. The Morgan fingerprint density at radius 1 is 1.11 bits per heavy atom. The van der Waals surface area contributed by atoms with Crippen LogP contribution in [-0.2, 0) is 11.2 Å². The highest BCUT2D eigenvalue weighted by Crippen LogP contribution is 2.31. The molecule has 2 aliphatic rings. The molecule has 1 saturated carbocycles. The number of aryl methyl sites for hydroxylation is 1. The molecule has 1 aromatic carbocycles. The monoisotopic (exact) mass is 259 g/mol. The first-order valence-corrected chi connectivity index (χ1v) is 7.73. The number of nitrogens with one attached hydrogen (secondary N) is 1. The minimum Gasteiger partial charge on any atom is -0.381 e. The van der Waals surface area contributed by atoms with Crippen molar-refractivity contribution in [3.63, 3.8) is 0 Å². The molecular formula is C17H25NO. The summed E-state index contributed by atoms with van der Waals surface area (Å²) >= 11 is 0. The summed E-state index contributed by atoms with van der Waals surface area (Å²) in [6, 6.07) is 10.2. The molecule has 0 radical (unpaired) electrons. The fourth-order valence-corrected chi connectivity index (χ4v) is 3.68. The molecule has 0 bridgehead atoms. The molecule has 0 aliphatic heterocycles. The Kier molecular flexibility index (Phi) is 4.19. The van der Waals surface area contributed by atoms with Crippen molar-refractivity contribution in [1.82, 2.24) is 5.32 Å². The standard InChI is InChI=1S/C17H25NO/c1-19-15-11-10-14(12-15)18-17-9-5-3-7-13-6-2-4-8-16(13)17/h2,4,6,8,14-15,17-18H,3,5,7,9-12H2,1H3. The van der Waals surface area contributed by atoms with Crippen LogP contribution in [0.2, 0.25) is 0 Å². The Morgan fingerprint density at radius 2 is 2.00 bits per heavy atom. The predicted molar refractivity (Wildman–Crippen MR) is 78.3 cm³/mol. The van der Waals surface area contributed by atoms with E-state index < -0.39 is 0 Å². The fourth-order valence-electron chi connectivity index (χ4n) is 3.68. The predicted octanol–water partition coefficient (Wildman–Crippen LogP) is 3.61. The molecule has 1 N–H and O–H groups in total. The highest BCUT2D eigenvalue weighted by molar-refractivity contribution is 5.31. The molecule has 3 unspecified atom stereocenters. The number of rotatable bonds is 3. The fraction of sp³-hybridized carbons (Fsp3) is 0.647. The normalized spacial score (nSPS) is 30.9. The topological polar surface area (TPSA) is 21.3 Å². The SMILES string of the molecule is COC1CCC(NC2CCCCc3ccccc32)C1. The van der Waals surface area contributed by atoms with Gasteiger partial charge in [0.05, 0.1) is 6.10 Å². The van der Waals surface area contributed by atoms with Crippen LogP contribution >= 0.6 is 0 Å². The van der Waals surface area contributed by atoms with E-state index in [1.54, 1.807) is 11.1 Å². The van der Waals surface area contributed by atoms with Crippen molar-refractivity contribution >= 4 is 0 Å². The van der Waals surface area contributed by atoms with Gasteiger partial charge in [-0.05, 0) is 49.7 Å². The third-order valence-electron chi connectivity index (χ3n) is 4.77. The average Bonchev–Trinajstić information content (AvgIpc) is 2.80. The van der Waals surface area contributed by atoms with Crippen LogP contribution in [-0.4, -0.2) is 19.3 Å². The molecule has 2 nitrogen and oxygen atoms in total. The zero-order valence-corrected chi connectivity index (χ0v) is 11.9. The highest BCUT2D eigenvalue weighted by atomic mass is 16.5. The summed E-state index contributed by atoms with van der Waals surface area (Å²) in [6.45, 7) is 0. The van der Waals surface area contributed by atoms with Crippen LogP contribution in [0.15, 0.2) is 24.3 Å². The number of hydrogen-bond acceptors (Lipinski definition) is 2. The van der Waals surface area contributed by atoms with Gasteiger partial charge in [-0.3, -0.25) is 0 Å². The molecule has 1 aromatic rings. The second-order valence-corrected chi connectivity index (χ2v) is 6.03. The van der Waals surface area contributed by atoms with Crippen molar-refractivity contribution in [2.75, 3.05) is 7.11 Å². The quantitative estimate of drug-likeness (QED) is 0.837. The second-order valence-electron chi connectivity index (χ2n) is 6.03. The van der Waals surface area contributed by atoms with E-state index in [9.17, 15) is 0 Å². The van der Waals surface area contributed by atoms with E-state index in [1.165, 1.54) is 44.9 Å². The van der Waals surface area contributed by atoms with E-state index in [1.807, 2.05) is 7.11 Å². The smallest absolute Gasteiger partial charge is 0.0586 e. The van der Waals surface area contributed by atoms with Crippen molar-refractivity contribution in [3.8, 4) is 0 Å². The van der Waals surface area contributed by atoms with Gasteiger partial charge in [-0.2, -0.15) is 0 Å². The average molecular weight is 259 g/mol. The van der Waals surface area contributed by atoms with Crippen molar-refractivity contribution in [1.29, 1.82) is 0 Å². The van der Waals surface area contributed by atoms with Crippen LogP contribution < -0.4 is 5.32 Å². The first-order valence-electron chi connectivity index (χ1n) is 7.73. The summed E-state index contributed by atoms with van der Waals surface area (Å²) in [5, 5.41) is 3.90. The Bertz CT molecular complexity index is 417. The van der Waals surface area contributed by atoms with E-state index in [2.05, 4.69) is 29.6 Å². The van der Waals surface area contributed by atoms with E-state index in [0.29, 0.717) is 18.2 Å². The van der Waals surface area contributed by atoms with Crippen molar-refractivity contribution in [2.45, 2.75) is 63.1 Å². The molecule has 2 heteroatoms. The van der Waals surface area contributed by atoms with Gasteiger partial charge in [0, 0.05) is 19.2 Å². The summed E-state index contributed by atoms with van der Waals surface area (Å²) in [5.41, 5.74) is 3.10. The summed E-state index contributed by atoms with van der Waals surface area (Å²) in [6.07, 6.45) is 9.33. The molecule has 19 heavy (non-hydrogen) atoms. The molecule has 104 valence electrons. The Labute approximate surface area is 116 Å². The number of benzene rings is 1. The van der Waals surface area contributed by atoms with Gasteiger partial charge in [0.15, 0.2) is 0 Å². The van der Waals surface area contributed by atoms with Gasteiger partial charge >= 0.3 is 0 Å². The van der Waals surface area contributed by atoms with Gasteiger partial charge in [0.2, 0.25) is 0 Å². The first kappa shape index (κ1) is 13.1. The zero-order chi connectivity index (χ0) is 13.1. The van der Waals surface area contributed by atoms with E-state index >= 15 is 0 Å². The molecule has 2 aliphatic carbocycles. The molecule has 0 amide bonds. The Hall–Kier alpha value is -0.860. The molecule has 0 heterocycles. The third-order valence-corrected chi connectivity index (χ3v) is 4.77. The molecule has 0 spiro atoms. The van der Waals surface area contributed by atoms with Crippen LogP contribution in [0.3, 0.4) is 0 Å². The van der Waals surface area contributed by atoms with Gasteiger partial charge in [-0.1, -0.05) is 30.7 Å². The zero-order valence-electron chi connectivity index (χ0n) is 11.9. The number of fused-ring (bicyclic) bond motifs is 1. The first-order chi connectivity index (χ1) is 9.36. The van der Waals surface area contributed by atoms with Gasteiger partial charge in [-0.25, -0.2) is 0 Å². The summed E-state index contributed by atoms with van der Waals surface area (Å²) in [4.78, 5) is 0. The maximum absolute atomic E-state index is 5.48. The maximum atomic E-state index is 5.48. The largest absolute Gasteiger partial charge is 0.381 e. The van der Waals surface area contributed by atoms with Crippen LogP contribution in [0.25, 0.3) is 0 Å². The summed E-state index contributed by atoms with van der Waals surface area (Å²) in [5.74, 6) is 0.